The Balaban J connectivity index is 1.43. The fourth-order valence-corrected chi connectivity index (χ4v) is 5.12. The molecule has 1 aliphatic rings. The fraction of sp³-hybridized carbons (Fsp3) is 0.174. The first kappa shape index (κ1) is 22.6. The third-order valence-corrected chi connectivity index (χ3v) is 7.03. The molecular weight excluding hydrogens is 448 g/mol. The summed E-state index contributed by atoms with van der Waals surface area (Å²) < 4.78 is 43.5. The Morgan fingerprint density at radius 2 is 1.48 bits per heavy atom. The van der Waals surface area contributed by atoms with E-state index in [4.69, 9.17) is 19.4 Å². The van der Waals surface area contributed by atoms with E-state index in [0.29, 0.717) is 23.0 Å². The largest absolute Gasteiger partial charge is 0.497 e. The van der Waals surface area contributed by atoms with Crippen LogP contribution in [0.5, 0.6) is 23.0 Å². The molecule has 0 aliphatic carbocycles. The normalized spacial score (nSPS) is 19.4. The molecule has 1 fully saturated rings. The summed E-state index contributed by atoms with van der Waals surface area (Å²) in [6.07, 6.45) is 0. The first-order valence-electron chi connectivity index (χ1n) is 10.0. The lowest BCUT2D eigenvalue weighted by molar-refractivity contribution is -0.129. The molecule has 3 atom stereocenters. The highest BCUT2D eigenvalue weighted by atomic mass is 32.2. The van der Waals surface area contributed by atoms with Crippen molar-refractivity contribution in [2.45, 2.75) is 17.0 Å². The number of hydrogen-bond donors (Lipinski definition) is 2. The Kier molecular flexibility index (Phi) is 6.50. The van der Waals surface area contributed by atoms with Gasteiger partial charge in [-0.15, -0.1) is 0 Å². The second-order valence-corrected chi connectivity index (χ2v) is 9.04. The van der Waals surface area contributed by atoms with Gasteiger partial charge in [-0.3, -0.25) is 10.0 Å². The number of para-hydroxylation sites is 1. The van der Waals surface area contributed by atoms with Gasteiger partial charge in [-0.05, 0) is 60.7 Å². The van der Waals surface area contributed by atoms with E-state index in [1.54, 1.807) is 24.3 Å². The van der Waals surface area contributed by atoms with Crippen LogP contribution in [0.25, 0.3) is 0 Å². The Morgan fingerprint density at radius 1 is 0.909 bits per heavy atom. The number of hydrogen-bond acceptors (Lipinski definition) is 7. The van der Waals surface area contributed by atoms with Crippen molar-refractivity contribution in [1.82, 2.24) is 9.79 Å². The molecule has 1 amide bonds. The van der Waals surface area contributed by atoms with Crippen molar-refractivity contribution >= 4 is 15.9 Å². The number of carbonyl (C=O) groups is 1. The number of benzene rings is 3. The van der Waals surface area contributed by atoms with Gasteiger partial charge in [-0.25, -0.2) is 13.9 Å². The van der Waals surface area contributed by atoms with Crippen LogP contribution >= 0.6 is 0 Å². The predicted molar refractivity (Wildman–Crippen MR) is 118 cm³/mol. The molecule has 3 aromatic carbocycles. The highest BCUT2D eigenvalue weighted by Crippen LogP contribution is 2.37. The maximum atomic E-state index is 13.0. The minimum atomic E-state index is -3.98. The molecule has 1 heterocycles. The molecule has 0 spiro atoms. The lowest BCUT2D eigenvalue weighted by Crippen LogP contribution is -2.29. The van der Waals surface area contributed by atoms with Crippen molar-refractivity contribution in [2.24, 2.45) is 0 Å². The topological polar surface area (TPSA) is 114 Å². The summed E-state index contributed by atoms with van der Waals surface area (Å²) in [6, 6.07) is 20.1. The van der Waals surface area contributed by atoms with E-state index in [9.17, 15) is 13.2 Å². The standard InChI is InChI=1S/C23H22N2O7S/c1-30-16-11-13-20(14-12-16)33(28,29)25-21(22(25)23(26)24-27)15-31-17-7-9-19(10-8-17)32-18-5-3-2-4-6-18/h2-14,21-22,27H,15H2,1H3,(H,24,26)/t21-,22-,25?/m1/s1. The molecule has 33 heavy (non-hydrogen) atoms. The van der Waals surface area contributed by atoms with Crippen molar-refractivity contribution in [3.8, 4) is 23.0 Å². The van der Waals surface area contributed by atoms with Gasteiger partial charge in [0, 0.05) is 0 Å². The van der Waals surface area contributed by atoms with Crippen molar-refractivity contribution in [2.75, 3.05) is 13.7 Å². The van der Waals surface area contributed by atoms with Crippen molar-refractivity contribution < 1.29 is 32.6 Å². The first-order chi connectivity index (χ1) is 15.9. The van der Waals surface area contributed by atoms with Gasteiger partial charge in [0.1, 0.15) is 35.6 Å². The van der Waals surface area contributed by atoms with Crippen LogP contribution in [0.1, 0.15) is 0 Å². The molecule has 2 N–H and O–H groups in total. The van der Waals surface area contributed by atoms with Crippen LogP contribution in [-0.4, -0.2) is 49.6 Å². The van der Waals surface area contributed by atoms with E-state index >= 15 is 0 Å². The monoisotopic (exact) mass is 470 g/mol. The molecule has 0 radical (unpaired) electrons. The van der Waals surface area contributed by atoms with Gasteiger partial charge < -0.3 is 14.2 Å². The second kappa shape index (κ2) is 9.49. The molecule has 0 saturated carbocycles. The Bertz CT molecular complexity index is 1200. The van der Waals surface area contributed by atoms with Crippen LogP contribution in [-0.2, 0) is 14.8 Å². The number of carbonyl (C=O) groups excluding carboxylic acids is 1. The minimum absolute atomic E-state index is 0.00366. The molecule has 1 aliphatic heterocycles. The second-order valence-electron chi connectivity index (χ2n) is 7.20. The Hall–Kier alpha value is -3.60. The van der Waals surface area contributed by atoms with Crippen LogP contribution in [0, 0.1) is 0 Å². The van der Waals surface area contributed by atoms with Gasteiger partial charge in [0.15, 0.2) is 0 Å². The molecule has 10 heteroatoms. The van der Waals surface area contributed by atoms with E-state index in [0.717, 1.165) is 4.31 Å². The summed E-state index contributed by atoms with van der Waals surface area (Å²) >= 11 is 0. The van der Waals surface area contributed by atoms with E-state index in [2.05, 4.69) is 0 Å². The van der Waals surface area contributed by atoms with Gasteiger partial charge in [0.05, 0.1) is 18.0 Å². The number of ether oxygens (including phenoxy) is 3. The molecule has 1 saturated heterocycles. The van der Waals surface area contributed by atoms with Crippen LogP contribution in [0.15, 0.2) is 83.8 Å². The van der Waals surface area contributed by atoms with E-state index in [-0.39, 0.29) is 11.5 Å². The zero-order valence-electron chi connectivity index (χ0n) is 17.6. The number of nitrogens with one attached hydrogen (secondary N) is 1. The summed E-state index contributed by atoms with van der Waals surface area (Å²) in [7, 11) is -2.51. The average Bonchev–Trinajstić information content (AvgIpc) is 3.59. The third-order valence-electron chi connectivity index (χ3n) is 5.11. The maximum Gasteiger partial charge on any atom is 0.263 e. The lowest BCUT2D eigenvalue weighted by atomic mass is 10.3. The van der Waals surface area contributed by atoms with Gasteiger partial charge in [-0.2, -0.15) is 4.31 Å². The fourth-order valence-electron chi connectivity index (χ4n) is 3.39. The average molecular weight is 471 g/mol. The van der Waals surface area contributed by atoms with Gasteiger partial charge in [-0.1, -0.05) is 18.2 Å². The zero-order chi connectivity index (χ0) is 23.4. The van der Waals surface area contributed by atoms with Crippen LogP contribution in [0.2, 0.25) is 0 Å². The number of rotatable bonds is 9. The van der Waals surface area contributed by atoms with E-state index < -0.39 is 28.0 Å². The summed E-state index contributed by atoms with van der Waals surface area (Å²) in [5.41, 5.74) is 1.52. The van der Waals surface area contributed by atoms with Crippen LogP contribution < -0.4 is 19.7 Å². The lowest BCUT2D eigenvalue weighted by Gasteiger charge is -2.09. The third kappa shape index (κ3) is 4.92. The molecule has 172 valence electrons. The molecular formula is C23H22N2O7S. The summed E-state index contributed by atoms with van der Waals surface area (Å²) in [4.78, 5) is 12.0. The number of methoxy groups -OCH3 is 1. The summed E-state index contributed by atoms with van der Waals surface area (Å²) in [6.45, 7) is -0.0770. The van der Waals surface area contributed by atoms with E-state index in [1.165, 1.54) is 36.9 Å². The summed E-state index contributed by atoms with van der Waals surface area (Å²) in [5.74, 6) is 1.46. The number of hydroxylamine groups is 1. The SMILES string of the molecule is COc1ccc(S(=O)(=O)N2[C@H](COc3ccc(Oc4ccccc4)cc3)[C@@H]2C(=O)NO)cc1. The van der Waals surface area contributed by atoms with Crippen LogP contribution in [0.4, 0.5) is 0 Å². The zero-order valence-corrected chi connectivity index (χ0v) is 18.4. The molecule has 3 aromatic rings. The number of amides is 1. The van der Waals surface area contributed by atoms with Crippen molar-refractivity contribution in [3.05, 3.63) is 78.9 Å². The Morgan fingerprint density at radius 3 is 2.09 bits per heavy atom. The van der Waals surface area contributed by atoms with Crippen molar-refractivity contribution in [3.63, 3.8) is 0 Å². The Labute approximate surface area is 191 Å². The minimum Gasteiger partial charge on any atom is -0.497 e. The van der Waals surface area contributed by atoms with Gasteiger partial charge in [0.25, 0.3) is 5.91 Å². The summed E-state index contributed by atoms with van der Waals surface area (Å²) in [5, 5.41) is 9.03. The van der Waals surface area contributed by atoms with Crippen molar-refractivity contribution in [1.29, 1.82) is 0 Å². The number of nitrogens with zero attached hydrogens (tertiary/aromatic N) is 1. The van der Waals surface area contributed by atoms with Crippen LogP contribution in [0.3, 0.4) is 0 Å². The molecule has 1 unspecified atom stereocenters. The highest BCUT2D eigenvalue weighted by molar-refractivity contribution is 7.89. The molecule has 0 bridgehead atoms. The smallest absolute Gasteiger partial charge is 0.263 e. The molecule has 0 aromatic heterocycles. The predicted octanol–water partition coefficient (Wildman–Crippen LogP) is 2.81. The van der Waals surface area contributed by atoms with Gasteiger partial charge >= 0.3 is 0 Å². The highest BCUT2D eigenvalue weighted by Gasteiger charge is 2.60. The molecule has 4 rings (SSSR count). The quantitative estimate of drug-likeness (QED) is 0.281. The first-order valence-corrected chi connectivity index (χ1v) is 11.5. The molecule has 9 nitrogen and oxygen atoms in total. The van der Waals surface area contributed by atoms with Gasteiger partial charge in [0.2, 0.25) is 10.0 Å². The van der Waals surface area contributed by atoms with E-state index in [1.807, 2.05) is 30.3 Å². The number of sulfonamides is 1. The maximum absolute atomic E-state index is 13.0.